The lowest BCUT2D eigenvalue weighted by Gasteiger charge is -2.27. The van der Waals surface area contributed by atoms with Crippen molar-refractivity contribution in [2.24, 2.45) is 5.92 Å². The fourth-order valence-electron chi connectivity index (χ4n) is 2.18. The van der Waals surface area contributed by atoms with E-state index in [1.54, 1.807) is 13.8 Å². The first-order chi connectivity index (χ1) is 7.39. The lowest BCUT2D eigenvalue weighted by atomic mass is 9.89. The Morgan fingerprint density at radius 2 is 1.69 bits per heavy atom. The highest BCUT2D eigenvalue weighted by molar-refractivity contribution is 7.92. The standard InChI is InChI=1S/C11H20O4S/c1-8(2)16(13,14)10-6-4-9(5-7-10)11(12)15-3/h8-10H,4-7H2,1-3H3. The monoisotopic (exact) mass is 248 g/mol. The van der Waals surface area contributed by atoms with Crippen molar-refractivity contribution in [2.75, 3.05) is 7.11 Å². The summed E-state index contributed by atoms with van der Waals surface area (Å²) in [7, 11) is -1.63. The number of carbonyl (C=O) groups excluding carboxylic acids is 1. The Hall–Kier alpha value is -0.580. The van der Waals surface area contributed by atoms with E-state index in [9.17, 15) is 13.2 Å². The van der Waals surface area contributed by atoms with E-state index in [1.165, 1.54) is 7.11 Å². The molecule has 16 heavy (non-hydrogen) atoms. The first-order valence-electron chi connectivity index (χ1n) is 5.70. The molecule has 0 spiro atoms. The molecule has 0 atom stereocenters. The van der Waals surface area contributed by atoms with Crippen LogP contribution in [0.15, 0.2) is 0 Å². The zero-order valence-electron chi connectivity index (χ0n) is 10.1. The highest BCUT2D eigenvalue weighted by atomic mass is 32.2. The van der Waals surface area contributed by atoms with Crippen LogP contribution in [0.1, 0.15) is 39.5 Å². The first kappa shape index (κ1) is 13.5. The van der Waals surface area contributed by atoms with Crippen molar-refractivity contribution < 1.29 is 17.9 Å². The molecule has 4 nitrogen and oxygen atoms in total. The van der Waals surface area contributed by atoms with Crippen LogP contribution in [0.5, 0.6) is 0 Å². The van der Waals surface area contributed by atoms with Gasteiger partial charge in [0.1, 0.15) is 0 Å². The molecule has 0 aromatic rings. The Bertz CT molecular complexity index is 337. The van der Waals surface area contributed by atoms with Gasteiger partial charge in [0.05, 0.1) is 23.5 Å². The van der Waals surface area contributed by atoms with Crippen molar-refractivity contribution in [1.82, 2.24) is 0 Å². The van der Waals surface area contributed by atoms with Crippen LogP contribution in [0.4, 0.5) is 0 Å². The zero-order valence-corrected chi connectivity index (χ0v) is 10.9. The number of ether oxygens (including phenoxy) is 1. The summed E-state index contributed by atoms with van der Waals surface area (Å²) in [5, 5.41) is -0.597. The molecular formula is C11H20O4S. The average molecular weight is 248 g/mol. The van der Waals surface area contributed by atoms with Crippen molar-refractivity contribution in [2.45, 2.75) is 50.0 Å². The summed E-state index contributed by atoms with van der Waals surface area (Å²) in [6.45, 7) is 3.42. The first-order valence-corrected chi connectivity index (χ1v) is 7.31. The van der Waals surface area contributed by atoms with E-state index in [1.807, 2.05) is 0 Å². The number of carbonyl (C=O) groups is 1. The van der Waals surface area contributed by atoms with Gasteiger partial charge in [0, 0.05) is 0 Å². The number of rotatable bonds is 3. The molecule has 0 unspecified atom stereocenters. The fourth-order valence-corrected chi connectivity index (χ4v) is 3.88. The van der Waals surface area contributed by atoms with Gasteiger partial charge in [-0.25, -0.2) is 8.42 Å². The van der Waals surface area contributed by atoms with E-state index in [2.05, 4.69) is 4.74 Å². The Balaban J connectivity index is 2.59. The third-order valence-corrected chi connectivity index (χ3v) is 6.05. The predicted molar refractivity (Wildman–Crippen MR) is 61.8 cm³/mol. The summed E-state index contributed by atoms with van der Waals surface area (Å²) in [4.78, 5) is 11.3. The van der Waals surface area contributed by atoms with E-state index in [-0.39, 0.29) is 22.4 Å². The second-order valence-electron chi connectivity index (χ2n) is 4.63. The highest BCUT2D eigenvalue weighted by Crippen LogP contribution is 2.30. The van der Waals surface area contributed by atoms with Crippen LogP contribution in [0.2, 0.25) is 0 Å². The number of hydrogen-bond donors (Lipinski definition) is 0. The van der Waals surface area contributed by atoms with Gasteiger partial charge in [0.2, 0.25) is 0 Å². The third kappa shape index (κ3) is 2.75. The number of methoxy groups -OCH3 is 1. The summed E-state index contributed by atoms with van der Waals surface area (Å²) in [5.74, 6) is -0.316. The van der Waals surface area contributed by atoms with E-state index >= 15 is 0 Å². The summed E-state index contributed by atoms with van der Waals surface area (Å²) in [6, 6.07) is 0. The number of sulfone groups is 1. The molecule has 1 rings (SSSR count). The van der Waals surface area contributed by atoms with Gasteiger partial charge in [-0.2, -0.15) is 0 Å². The SMILES string of the molecule is COC(=O)C1CCC(S(=O)(=O)C(C)C)CC1. The molecular weight excluding hydrogens is 228 g/mol. The summed E-state index contributed by atoms with van der Waals surface area (Å²) >= 11 is 0. The molecule has 0 radical (unpaired) electrons. The maximum absolute atomic E-state index is 11.9. The molecule has 1 aliphatic rings. The molecule has 0 aliphatic heterocycles. The Morgan fingerprint density at radius 3 is 2.06 bits per heavy atom. The average Bonchev–Trinajstić information content (AvgIpc) is 2.28. The summed E-state index contributed by atoms with van der Waals surface area (Å²) < 4.78 is 28.5. The second-order valence-corrected chi connectivity index (χ2v) is 7.42. The van der Waals surface area contributed by atoms with E-state index in [0.717, 1.165) is 0 Å². The summed E-state index contributed by atoms with van der Waals surface area (Å²) in [5.41, 5.74) is 0. The molecule has 1 saturated carbocycles. The Labute approximate surface area is 97.3 Å². The van der Waals surface area contributed by atoms with Gasteiger partial charge in [0.25, 0.3) is 0 Å². The molecule has 0 heterocycles. The van der Waals surface area contributed by atoms with Crippen LogP contribution >= 0.6 is 0 Å². The van der Waals surface area contributed by atoms with Crippen molar-refractivity contribution in [3.8, 4) is 0 Å². The van der Waals surface area contributed by atoms with E-state index in [0.29, 0.717) is 25.7 Å². The van der Waals surface area contributed by atoms with Gasteiger partial charge >= 0.3 is 5.97 Å². The van der Waals surface area contributed by atoms with Crippen LogP contribution < -0.4 is 0 Å². The van der Waals surface area contributed by atoms with Gasteiger partial charge in [-0.05, 0) is 39.5 Å². The largest absolute Gasteiger partial charge is 0.469 e. The molecule has 1 fully saturated rings. The molecule has 0 bridgehead atoms. The van der Waals surface area contributed by atoms with Crippen molar-refractivity contribution in [3.63, 3.8) is 0 Å². The molecule has 5 heteroatoms. The molecule has 94 valence electrons. The van der Waals surface area contributed by atoms with Crippen LogP contribution in [0.3, 0.4) is 0 Å². The maximum atomic E-state index is 11.9. The van der Waals surface area contributed by atoms with Crippen LogP contribution in [-0.2, 0) is 19.4 Å². The van der Waals surface area contributed by atoms with Gasteiger partial charge in [0.15, 0.2) is 9.84 Å². The lowest BCUT2D eigenvalue weighted by Crippen LogP contribution is -2.34. The molecule has 0 N–H and O–H groups in total. The van der Waals surface area contributed by atoms with Gasteiger partial charge in [-0.1, -0.05) is 0 Å². The van der Waals surface area contributed by atoms with Crippen LogP contribution in [-0.4, -0.2) is 32.0 Å². The van der Waals surface area contributed by atoms with Crippen molar-refractivity contribution in [1.29, 1.82) is 0 Å². The van der Waals surface area contributed by atoms with Crippen molar-refractivity contribution in [3.05, 3.63) is 0 Å². The van der Waals surface area contributed by atoms with E-state index in [4.69, 9.17) is 0 Å². The normalized spacial score (nSPS) is 26.8. The second kappa shape index (κ2) is 5.17. The fraction of sp³-hybridized carbons (Fsp3) is 0.909. The van der Waals surface area contributed by atoms with Crippen LogP contribution in [0.25, 0.3) is 0 Å². The van der Waals surface area contributed by atoms with E-state index < -0.39 is 9.84 Å². The smallest absolute Gasteiger partial charge is 0.308 e. The quantitative estimate of drug-likeness (QED) is 0.711. The Kier molecular flexibility index (Phi) is 4.35. The number of hydrogen-bond acceptors (Lipinski definition) is 4. The van der Waals surface area contributed by atoms with Gasteiger partial charge in [-0.15, -0.1) is 0 Å². The maximum Gasteiger partial charge on any atom is 0.308 e. The number of esters is 1. The Morgan fingerprint density at radius 1 is 1.19 bits per heavy atom. The minimum atomic E-state index is -3.01. The minimum absolute atomic E-state index is 0.108. The lowest BCUT2D eigenvalue weighted by molar-refractivity contribution is -0.146. The molecule has 0 aromatic heterocycles. The molecule has 0 saturated heterocycles. The highest BCUT2D eigenvalue weighted by Gasteiger charge is 2.35. The van der Waals surface area contributed by atoms with Gasteiger partial charge < -0.3 is 4.74 Å². The molecule has 0 amide bonds. The zero-order chi connectivity index (χ0) is 12.3. The molecule has 1 aliphatic carbocycles. The summed E-state index contributed by atoms with van der Waals surface area (Å²) in [6.07, 6.45) is 2.42. The van der Waals surface area contributed by atoms with Crippen LogP contribution in [0, 0.1) is 5.92 Å². The predicted octanol–water partition coefficient (Wildman–Crippen LogP) is 1.54. The topological polar surface area (TPSA) is 60.4 Å². The van der Waals surface area contributed by atoms with Gasteiger partial charge in [-0.3, -0.25) is 4.79 Å². The minimum Gasteiger partial charge on any atom is -0.469 e. The van der Waals surface area contributed by atoms with Crippen molar-refractivity contribution >= 4 is 15.8 Å². The molecule has 0 aromatic carbocycles. The third-order valence-electron chi connectivity index (χ3n) is 3.33.